The first-order chi connectivity index (χ1) is 22.9. The van der Waals surface area contributed by atoms with E-state index in [1.165, 1.54) is 36.2 Å². The Morgan fingerprint density at radius 2 is 1.94 bits per heavy atom. The van der Waals surface area contributed by atoms with Crippen LogP contribution >= 0.6 is 11.3 Å². The minimum absolute atomic E-state index is 0.00413. The summed E-state index contributed by atoms with van der Waals surface area (Å²) in [6, 6.07) is 17.3. The van der Waals surface area contributed by atoms with E-state index in [9.17, 15) is 14.7 Å². The third-order valence-electron chi connectivity index (χ3n) is 10.0. The topological polar surface area (TPSA) is 113 Å². The number of allylic oxidation sites excluding steroid dienone is 2. The summed E-state index contributed by atoms with van der Waals surface area (Å²) in [5.41, 5.74) is 6.19. The number of benzene rings is 2. The number of nitrogens with zero attached hydrogens (tertiary/aromatic N) is 5. The second kappa shape index (κ2) is 12.1. The smallest absolute Gasteiger partial charge is 0.355 e. The summed E-state index contributed by atoms with van der Waals surface area (Å²) in [6.07, 6.45) is 11.8. The van der Waals surface area contributed by atoms with Gasteiger partial charge in [0.25, 0.3) is 5.91 Å². The van der Waals surface area contributed by atoms with Gasteiger partial charge < -0.3 is 10.0 Å². The van der Waals surface area contributed by atoms with Gasteiger partial charge in [0.1, 0.15) is 5.82 Å². The van der Waals surface area contributed by atoms with Gasteiger partial charge in [-0.05, 0) is 96.9 Å². The lowest BCUT2D eigenvalue weighted by Crippen LogP contribution is -2.33. The molecule has 3 unspecified atom stereocenters. The lowest BCUT2D eigenvalue weighted by atomic mass is 9.68. The largest absolute Gasteiger partial charge is 0.476 e. The molecular formula is C37H36N6O3S. The van der Waals surface area contributed by atoms with Crippen LogP contribution in [0, 0.1) is 17.8 Å². The quantitative estimate of drug-likeness (QED) is 0.177. The highest BCUT2D eigenvalue weighted by Crippen LogP contribution is 2.43. The highest BCUT2D eigenvalue weighted by molar-refractivity contribution is 7.22. The number of carboxylic acids is 1. The van der Waals surface area contributed by atoms with Crippen LogP contribution in [0.5, 0.6) is 0 Å². The third-order valence-corrected chi connectivity index (χ3v) is 11.0. The van der Waals surface area contributed by atoms with Gasteiger partial charge >= 0.3 is 5.97 Å². The third kappa shape index (κ3) is 5.82. The van der Waals surface area contributed by atoms with E-state index in [4.69, 9.17) is 0 Å². The van der Waals surface area contributed by atoms with Gasteiger partial charge in [-0.1, -0.05) is 48.6 Å². The van der Waals surface area contributed by atoms with Crippen molar-refractivity contribution in [1.82, 2.24) is 19.7 Å². The zero-order chi connectivity index (χ0) is 32.1. The molecule has 2 aromatic carbocycles. The number of amides is 1. The van der Waals surface area contributed by atoms with Crippen LogP contribution in [0.4, 0.5) is 10.9 Å². The van der Waals surface area contributed by atoms with Crippen LogP contribution in [-0.4, -0.2) is 43.3 Å². The average Bonchev–Trinajstić information content (AvgIpc) is 3.71. The van der Waals surface area contributed by atoms with Crippen molar-refractivity contribution in [3.05, 3.63) is 101 Å². The molecule has 9 nitrogen and oxygen atoms in total. The molecule has 5 aromatic rings. The van der Waals surface area contributed by atoms with Gasteiger partial charge in [-0.25, -0.2) is 14.8 Å². The van der Waals surface area contributed by atoms with E-state index in [1.54, 1.807) is 6.20 Å². The van der Waals surface area contributed by atoms with Crippen LogP contribution in [-0.2, 0) is 19.5 Å². The van der Waals surface area contributed by atoms with Crippen LogP contribution in [0.1, 0.15) is 64.6 Å². The maximum absolute atomic E-state index is 13.5. The van der Waals surface area contributed by atoms with Gasteiger partial charge in [0.2, 0.25) is 0 Å². The van der Waals surface area contributed by atoms with E-state index < -0.39 is 5.97 Å². The Morgan fingerprint density at radius 1 is 1.04 bits per heavy atom. The molecule has 0 saturated heterocycles. The van der Waals surface area contributed by atoms with Gasteiger partial charge in [0.05, 0.1) is 23.0 Å². The van der Waals surface area contributed by atoms with Gasteiger partial charge in [-0.15, -0.1) is 0 Å². The number of aromatic carboxylic acids is 1. The molecule has 1 aliphatic heterocycles. The van der Waals surface area contributed by atoms with Crippen LogP contribution < -0.4 is 10.2 Å². The molecule has 2 bridgehead atoms. The number of hydrogen-bond acceptors (Lipinski definition) is 7. The van der Waals surface area contributed by atoms with Crippen LogP contribution in [0.2, 0.25) is 0 Å². The van der Waals surface area contributed by atoms with Crippen molar-refractivity contribution in [2.75, 3.05) is 16.8 Å². The Kier molecular flexibility index (Phi) is 7.60. The van der Waals surface area contributed by atoms with Crippen molar-refractivity contribution in [2.45, 2.75) is 52.1 Å². The summed E-state index contributed by atoms with van der Waals surface area (Å²) in [7, 11) is 0. The lowest BCUT2D eigenvalue weighted by molar-refractivity contribution is 0.0691. The molecule has 3 atom stereocenters. The Labute approximate surface area is 277 Å². The molecule has 2 aliphatic carbocycles. The monoisotopic (exact) mass is 644 g/mol. The van der Waals surface area contributed by atoms with E-state index in [0.717, 1.165) is 51.7 Å². The van der Waals surface area contributed by atoms with E-state index >= 15 is 0 Å². The Bertz CT molecular complexity index is 2010. The van der Waals surface area contributed by atoms with Crippen molar-refractivity contribution >= 4 is 44.4 Å². The molecule has 1 saturated carbocycles. The maximum atomic E-state index is 13.5. The highest BCUT2D eigenvalue weighted by Gasteiger charge is 2.32. The molecule has 1 fully saturated rings. The first kappa shape index (κ1) is 29.6. The second-order valence-corrected chi connectivity index (χ2v) is 14.3. The van der Waals surface area contributed by atoms with Gasteiger partial charge in [0, 0.05) is 36.0 Å². The van der Waals surface area contributed by atoms with E-state index in [1.807, 2.05) is 64.3 Å². The van der Waals surface area contributed by atoms with Gasteiger partial charge in [0.15, 0.2) is 10.8 Å². The highest BCUT2D eigenvalue weighted by atomic mass is 32.1. The first-order valence-electron chi connectivity index (χ1n) is 16.4. The predicted octanol–water partition coefficient (Wildman–Crippen LogP) is 7.45. The zero-order valence-corrected chi connectivity index (χ0v) is 27.0. The van der Waals surface area contributed by atoms with Crippen molar-refractivity contribution in [3.63, 3.8) is 0 Å². The number of pyridine rings is 1. The lowest BCUT2D eigenvalue weighted by Gasteiger charge is -2.38. The molecule has 3 aliphatic rings. The first-order valence-corrected chi connectivity index (χ1v) is 17.2. The fourth-order valence-electron chi connectivity index (χ4n) is 7.80. The van der Waals surface area contributed by atoms with Crippen LogP contribution in [0.3, 0.4) is 0 Å². The predicted molar refractivity (Wildman–Crippen MR) is 184 cm³/mol. The van der Waals surface area contributed by atoms with Crippen molar-refractivity contribution < 1.29 is 14.7 Å². The molecule has 8 rings (SSSR count). The van der Waals surface area contributed by atoms with Crippen LogP contribution in [0.15, 0.2) is 78.6 Å². The standard InChI is InChI=1S/C37H36N6O3S/c1-22-15-23-9-10-25(26(16-22)17-23)19-43-20-27(18-38-43)28-11-12-33(40-34(28)36(45)46)42-14-13-24-5-4-6-29(30(24)21-42)35(44)41-37-39-31-7-2-3-8-32(31)47-37/h2-8,10-12,18,20,22-23,26H,9,13-17,19,21H2,1H3,(H,45,46)(H,39,41,44). The molecule has 3 aromatic heterocycles. The number of carbonyl (C=O) groups excluding carboxylic acids is 1. The summed E-state index contributed by atoms with van der Waals surface area (Å²) in [5, 5.41) is 18.4. The average molecular weight is 645 g/mol. The Hall–Kier alpha value is -4.83. The van der Waals surface area contributed by atoms with Gasteiger partial charge in [-0.3, -0.25) is 14.8 Å². The fourth-order valence-corrected chi connectivity index (χ4v) is 8.66. The molecule has 2 N–H and O–H groups in total. The molecule has 4 heterocycles. The molecule has 47 heavy (non-hydrogen) atoms. The van der Waals surface area contributed by atoms with Crippen molar-refractivity contribution in [3.8, 4) is 11.1 Å². The summed E-state index contributed by atoms with van der Waals surface area (Å²) in [6.45, 7) is 4.20. The number of rotatable bonds is 7. The van der Waals surface area contributed by atoms with Crippen molar-refractivity contribution in [2.24, 2.45) is 17.8 Å². The van der Waals surface area contributed by atoms with Crippen LogP contribution in [0.25, 0.3) is 21.3 Å². The molecule has 10 heteroatoms. The Balaban J connectivity index is 1.02. The minimum Gasteiger partial charge on any atom is -0.476 e. The summed E-state index contributed by atoms with van der Waals surface area (Å²) in [4.78, 5) is 37.2. The number of anilines is 2. The molecule has 1 amide bonds. The number of fused-ring (bicyclic) bond motifs is 4. The molecule has 0 spiro atoms. The van der Waals surface area contributed by atoms with Gasteiger partial charge in [-0.2, -0.15) is 5.10 Å². The fraction of sp³-hybridized carbons (Fsp3) is 0.324. The maximum Gasteiger partial charge on any atom is 0.355 e. The second-order valence-electron chi connectivity index (χ2n) is 13.2. The summed E-state index contributed by atoms with van der Waals surface area (Å²) < 4.78 is 2.95. The van der Waals surface area contributed by atoms with Crippen molar-refractivity contribution in [1.29, 1.82) is 0 Å². The SMILES string of the molecule is CC1CC2CC=C(Cn3cc(-c4ccc(N5CCc6cccc(C(=O)Nc7nc8ccccc8s7)c6C5)nc4C(=O)O)cn3)C(C1)C2. The number of aromatic nitrogens is 4. The number of nitrogens with one attached hydrogen (secondary N) is 1. The number of carboxylic acid groups (broad SMARTS) is 1. The summed E-state index contributed by atoms with van der Waals surface area (Å²) >= 11 is 1.44. The molecule has 0 radical (unpaired) electrons. The number of carbonyl (C=O) groups is 2. The van der Waals surface area contributed by atoms with E-state index in [0.29, 0.717) is 47.5 Å². The van der Waals surface area contributed by atoms with E-state index in [2.05, 4.69) is 39.4 Å². The zero-order valence-electron chi connectivity index (χ0n) is 26.2. The Morgan fingerprint density at radius 3 is 2.81 bits per heavy atom. The van der Waals surface area contributed by atoms with E-state index in [-0.39, 0.29) is 11.6 Å². The number of thiazole rings is 1. The number of para-hydroxylation sites is 1. The molecule has 238 valence electrons. The normalized spacial score (nSPS) is 20.5. The number of hydrogen-bond donors (Lipinski definition) is 2. The minimum atomic E-state index is -1.08. The molecular weight excluding hydrogens is 609 g/mol. The summed E-state index contributed by atoms with van der Waals surface area (Å²) in [5.74, 6) is 1.47.